The molecule has 0 aliphatic heterocycles. The van der Waals surface area contributed by atoms with Crippen molar-refractivity contribution in [2.45, 2.75) is 52.9 Å². The van der Waals surface area contributed by atoms with Crippen LogP contribution >= 0.6 is 0 Å². The SMILES string of the molecule is CCCc1cc(CC)c(N=C=O)c(CCC)c1N=C=O. The molecule has 106 valence electrons. The zero-order valence-corrected chi connectivity index (χ0v) is 12.3. The lowest BCUT2D eigenvalue weighted by Gasteiger charge is -2.15. The highest BCUT2D eigenvalue weighted by atomic mass is 16.1. The van der Waals surface area contributed by atoms with Crippen LogP contribution in [0.25, 0.3) is 0 Å². The van der Waals surface area contributed by atoms with Gasteiger partial charge in [-0.05, 0) is 30.4 Å². The summed E-state index contributed by atoms with van der Waals surface area (Å²) in [6, 6.07) is 2.00. The summed E-state index contributed by atoms with van der Waals surface area (Å²) < 4.78 is 0. The first-order valence-corrected chi connectivity index (χ1v) is 7.06. The minimum atomic E-state index is 0.623. The van der Waals surface area contributed by atoms with Crippen LogP contribution in [0.5, 0.6) is 0 Å². The molecule has 0 saturated heterocycles. The molecule has 4 nitrogen and oxygen atoms in total. The molecule has 0 amide bonds. The molecule has 0 unspecified atom stereocenters. The molecule has 0 fully saturated rings. The maximum Gasteiger partial charge on any atom is 0.240 e. The smallest absolute Gasteiger partial charge is 0.211 e. The minimum Gasteiger partial charge on any atom is -0.211 e. The zero-order chi connectivity index (χ0) is 15.0. The molecule has 0 aliphatic rings. The Kier molecular flexibility index (Phi) is 6.58. The maximum atomic E-state index is 10.7. The number of rotatable bonds is 7. The van der Waals surface area contributed by atoms with Crippen molar-refractivity contribution in [3.8, 4) is 0 Å². The van der Waals surface area contributed by atoms with E-state index in [1.807, 2.05) is 19.9 Å². The molecule has 0 spiro atoms. The van der Waals surface area contributed by atoms with Gasteiger partial charge in [0.05, 0.1) is 11.4 Å². The lowest BCUT2D eigenvalue weighted by Crippen LogP contribution is -1.97. The molecule has 0 radical (unpaired) electrons. The molecule has 1 rings (SSSR count). The largest absolute Gasteiger partial charge is 0.240 e. The molecule has 0 atom stereocenters. The van der Waals surface area contributed by atoms with Crippen molar-refractivity contribution in [3.05, 3.63) is 22.8 Å². The van der Waals surface area contributed by atoms with Crippen LogP contribution in [-0.2, 0) is 28.9 Å². The summed E-state index contributed by atoms with van der Waals surface area (Å²) in [5, 5.41) is 0. The van der Waals surface area contributed by atoms with Crippen LogP contribution in [0.15, 0.2) is 16.1 Å². The van der Waals surface area contributed by atoms with E-state index in [4.69, 9.17) is 0 Å². The fourth-order valence-electron chi connectivity index (χ4n) is 2.43. The van der Waals surface area contributed by atoms with E-state index < -0.39 is 0 Å². The maximum absolute atomic E-state index is 10.7. The Balaban J connectivity index is 3.69. The van der Waals surface area contributed by atoms with Crippen LogP contribution in [-0.4, -0.2) is 12.2 Å². The van der Waals surface area contributed by atoms with Crippen LogP contribution in [0, 0.1) is 0 Å². The Morgan fingerprint density at radius 2 is 1.45 bits per heavy atom. The summed E-state index contributed by atoms with van der Waals surface area (Å²) in [6.45, 7) is 6.14. The van der Waals surface area contributed by atoms with E-state index in [0.29, 0.717) is 11.4 Å². The van der Waals surface area contributed by atoms with E-state index >= 15 is 0 Å². The van der Waals surface area contributed by atoms with Gasteiger partial charge in [-0.25, -0.2) is 9.59 Å². The first-order chi connectivity index (χ1) is 9.73. The first kappa shape index (κ1) is 16.0. The predicted octanol–water partition coefficient (Wildman–Crippen LogP) is 4.09. The van der Waals surface area contributed by atoms with E-state index in [-0.39, 0.29) is 0 Å². The highest BCUT2D eigenvalue weighted by Crippen LogP contribution is 2.37. The van der Waals surface area contributed by atoms with E-state index in [2.05, 4.69) is 16.9 Å². The molecular weight excluding hydrogens is 252 g/mol. The lowest BCUT2D eigenvalue weighted by atomic mass is 9.93. The molecule has 0 bridgehead atoms. The van der Waals surface area contributed by atoms with Crippen molar-refractivity contribution >= 4 is 23.5 Å². The van der Waals surface area contributed by atoms with Gasteiger partial charge in [0.15, 0.2) is 0 Å². The number of aryl methyl sites for hydroxylation is 2. The molecule has 0 N–H and O–H groups in total. The van der Waals surface area contributed by atoms with Gasteiger partial charge in [-0.15, -0.1) is 0 Å². The molecule has 1 aromatic carbocycles. The summed E-state index contributed by atoms with van der Waals surface area (Å²) in [7, 11) is 0. The van der Waals surface area contributed by atoms with Crippen LogP contribution in [0.3, 0.4) is 0 Å². The van der Waals surface area contributed by atoms with Gasteiger partial charge in [0.2, 0.25) is 12.2 Å². The number of nitrogens with zero attached hydrogens (tertiary/aromatic N) is 2. The third-order valence-electron chi connectivity index (χ3n) is 3.24. The van der Waals surface area contributed by atoms with Crippen molar-refractivity contribution in [2.24, 2.45) is 9.98 Å². The van der Waals surface area contributed by atoms with Crippen molar-refractivity contribution in [3.63, 3.8) is 0 Å². The van der Waals surface area contributed by atoms with Crippen LogP contribution in [0.1, 0.15) is 50.3 Å². The molecular formula is C16H20N2O2. The predicted molar refractivity (Wildman–Crippen MR) is 79.4 cm³/mol. The fraction of sp³-hybridized carbons (Fsp3) is 0.500. The number of hydrogen-bond acceptors (Lipinski definition) is 4. The average Bonchev–Trinajstić information content (AvgIpc) is 2.45. The molecule has 0 saturated carbocycles. The van der Waals surface area contributed by atoms with Crippen molar-refractivity contribution < 1.29 is 9.59 Å². The Labute approximate surface area is 119 Å². The number of benzene rings is 1. The van der Waals surface area contributed by atoms with E-state index in [0.717, 1.165) is 48.8 Å². The molecule has 0 aromatic heterocycles. The second-order valence-corrected chi connectivity index (χ2v) is 4.63. The zero-order valence-electron chi connectivity index (χ0n) is 12.3. The molecule has 1 aromatic rings. The Morgan fingerprint density at radius 3 is 1.90 bits per heavy atom. The second kappa shape index (κ2) is 8.21. The Bertz CT molecular complexity index is 566. The molecule has 20 heavy (non-hydrogen) atoms. The van der Waals surface area contributed by atoms with Crippen molar-refractivity contribution in [1.82, 2.24) is 0 Å². The number of hydrogen-bond donors (Lipinski definition) is 0. The first-order valence-electron chi connectivity index (χ1n) is 7.06. The molecule has 0 aliphatic carbocycles. The van der Waals surface area contributed by atoms with Crippen LogP contribution in [0.4, 0.5) is 11.4 Å². The number of carbonyl (C=O) groups excluding carboxylic acids is 2. The quantitative estimate of drug-likeness (QED) is 0.554. The van der Waals surface area contributed by atoms with Gasteiger partial charge in [0, 0.05) is 5.56 Å². The van der Waals surface area contributed by atoms with Gasteiger partial charge in [0.25, 0.3) is 0 Å². The third-order valence-corrected chi connectivity index (χ3v) is 3.24. The standard InChI is InChI=1S/C16H20N2O2/c1-4-7-13-9-12(6-3)15(17-10-19)14(8-5-2)16(13)18-11-20/h9H,4-8H2,1-3H3. The average molecular weight is 272 g/mol. The van der Waals surface area contributed by atoms with Crippen LogP contribution in [0.2, 0.25) is 0 Å². The van der Waals surface area contributed by atoms with Gasteiger partial charge in [0.1, 0.15) is 0 Å². The lowest BCUT2D eigenvalue weighted by molar-refractivity contribution is 0.564. The van der Waals surface area contributed by atoms with E-state index in [1.54, 1.807) is 12.2 Å². The monoisotopic (exact) mass is 272 g/mol. The second-order valence-electron chi connectivity index (χ2n) is 4.63. The van der Waals surface area contributed by atoms with Crippen LogP contribution < -0.4 is 0 Å². The van der Waals surface area contributed by atoms with E-state index in [1.165, 1.54) is 0 Å². The Hall–Kier alpha value is -2.02. The highest BCUT2D eigenvalue weighted by molar-refractivity contribution is 5.72. The normalized spacial score (nSPS) is 9.75. The molecule has 0 heterocycles. The third kappa shape index (κ3) is 3.51. The topological polar surface area (TPSA) is 58.9 Å². The van der Waals surface area contributed by atoms with Gasteiger partial charge in [-0.1, -0.05) is 39.7 Å². The van der Waals surface area contributed by atoms with E-state index in [9.17, 15) is 9.59 Å². The minimum absolute atomic E-state index is 0.623. The van der Waals surface area contributed by atoms with Crippen molar-refractivity contribution in [2.75, 3.05) is 0 Å². The summed E-state index contributed by atoms with van der Waals surface area (Å²) in [5.41, 5.74) is 4.15. The molecule has 4 heteroatoms. The summed E-state index contributed by atoms with van der Waals surface area (Å²) in [5.74, 6) is 0. The van der Waals surface area contributed by atoms with Gasteiger partial charge < -0.3 is 0 Å². The summed E-state index contributed by atoms with van der Waals surface area (Å²) in [6.07, 6.45) is 7.44. The van der Waals surface area contributed by atoms with Gasteiger partial charge >= 0.3 is 0 Å². The van der Waals surface area contributed by atoms with Gasteiger partial charge in [-0.3, -0.25) is 0 Å². The summed E-state index contributed by atoms with van der Waals surface area (Å²) >= 11 is 0. The summed E-state index contributed by atoms with van der Waals surface area (Å²) in [4.78, 5) is 29.1. The highest BCUT2D eigenvalue weighted by Gasteiger charge is 2.16. The number of isocyanates is 2. The van der Waals surface area contributed by atoms with Gasteiger partial charge in [-0.2, -0.15) is 9.98 Å². The fourth-order valence-corrected chi connectivity index (χ4v) is 2.43. The Morgan fingerprint density at radius 1 is 0.900 bits per heavy atom. The van der Waals surface area contributed by atoms with Crippen molar-refractivity contribution in [1.29, 1.82) is 0 Å². The number of aliphatic imine (C=N–C) groups is 2.